The minimum atomic E-state index is -0.931. The Morgan fingerprint density at radius 2 is 2.14 bits per heavy atom. The highest BCUT2D eigenvalue weighted by Crippen LogP contribution is 2.34. The predicted molar refractivity (Wildman–Crippen MR) is 139 cm³/mol. The number of anilines is 1. The number of fused-ring (bicyclic) bond motifs is 1. The van der Waals surface area contributed by atoms with Gasteiger partial charge in [0, 0.05) is 26.4 Å². The van der Waals surface area contributed by atoms with Crippen LogP contribution < -0.4 is 15.8 Å². The molecule has 0 radical (unpaired) electrons. The summed E-state index contributed by atoms with van der Waals surface area (Å²) in [5.41, 5.74) is 0.0660. The van der Waals surface area contributed by atoms with E-state index >= 15 is 0 Å². The Bertz CT molecular complexity index is 1310. The lowest BCUT2D eigenvalue weighted by Crippen LogP contribution is -2.57. The summed E-state index contributed by atoms with van der Waals surface area (Å²) in [7, 11) is 1.53. The van der Waals surface area contributed by atoms with E-state index in [0.717, 1.165) is 11.8 Å². The number of carbonyl (C=O) groups excluding carboxylic acids is 3. The number of carbonyl (C=O) groups is 3. The molecule has 0 saturated carbocycles. The van der Waals surface area contributed by atoms with Crippen molar-refractivity contribution < 1.29 is 23.9 Å². The number of nitrogens with zero attached hydrogens (tertiary/aromatic N) is 4. The van der Waals surface area contributed by atoms with E-state index in [9.17, 15) is 19.2 Å². The molecule has 2 aliphatic rings. The van der Waals surface area contributed by atoms with Crippen LogP contribution in [0.15, 0.2) is 34.1 Å². The summed E-state index contributed by atoms with van der Waals surface area (Å²) in [5, 5.41) is 2.75. The van der Waals surface area contributed by atoms with Crippen molar-refractivity contribution in [3.8, 4) is 0 Å². The molecule has 2 amide bonds. The number of aromatic nitrogens is 2. The van der Waals surface area contributed by atoms with E-state index in [1.165, 1.54) is 22.5 Å². The van der Waals surface area contributed by atoms with Crippen molar-refractivity contribution in [3.05, 3.63) is 45.2 Å². The van der Waals surface area contributed by atoms with Crippen molar-refractivity contribution in [2.45, 2.75) is 19.4 Å². The van der Waals surface area contributed by atoms with E-state index in [1.54, 1.807) is 36.2 Å². The largest absolute Gasteiger partial charge is 0.466 e. The molecule has 2 saturated heterocycles. The quantitative estimate of drug-likeness (QED) is 0.297. The monoisotopic (exact) mass is 531 g/mol. The summed E-state index contributed by atoms with van der Waals surface area (Å²) >= 11 is 6.44. The first kappa shape index (κ1) is 25.8. The molecule has 2 fully saturated rings. The molecule has 0 aromatic carbocycles. The van der Waals surface area contributed by atoms with Crippen molar-refractivity contribution in [1.82, 2.24) is 19.6 Å². The SMILES string of the molecule is CCOC(=O)C[C@@H]1C(=O)NCCN1c1nc2ccccn2c(=O)c1/C=C1/SC(=S)N(CCOC)C1=O. The molecule has 2 aromatic rings. The zero-order valence-corrected chi connectivity index (χ0v) is 21.4. The second kappa shape index (κ2) is 11.2. The summed E-state index contributed by atoms with van der Waals surface area (Å²) in [4.78, 5) is 59.7. The van der Waals surface area contributed by atoms with Crippen LogP contribution in [0.4, 0.5) is 5.82 Å². The van der Waals surface area contributed by atoms with Crippen LogP contribution in [0.3, 0.4) is 0 Å². The second-order valence-electron chi connectivity index (χ2n) is 7.92. The molecule has 0 bridgehead atoms. The molecule has 11 nitrogen and oxygen atoms in total. The molecule has 0 aliphatic carbocycles. The number of methoxy groups -OCH3 is 1. The van der Waals surface area contributed by atoms with E-state index in [1.807, 2.05) is 0 Å². The number of thioether (sulfide) groups is 1. The second-order valence-corrected chi connectivity index (χ2v) is 9.59. The van der Waals surface area contributed by atoms with E-state index < -0.39 is 17.6 Å². The molecule has 13 heteroatoms. The van der Waals surface area contributed by atoms with E-state index in [4.69, 9.17) is 21.7 Å². The fraction of sp³-hybridized carbons (Fsp3) is 0.391. The van der Waals surface area contributed by atoms with Crippen LogP contribution in [-0.2, 0) is 23.9 Å². The predicted octanol–water partition coefficient (Wildman–Crippen LogP) is 0.800. The maximum atomic E-state index is 13.6. The normalized spacial score (nSPS) is 19.3. The Hall–Kier alpha value is -3.29. The molecule has 2 aromatic heterocycles. The van der Waals surface area contributed by atoms with Crippen LogP contribution in [0.1, 0.15) is 18.9 Å². The summed E-state index contributed by atoms with van der Waals surface area (Å²) in [6, 6.07) is 4.18. The summed E-state index contributed by atoms with van der Waals surface area (Å²) in [6.45, 7) is 3.06. The Morgan fingerprint density at radius 1 is 1.33 bits per heavy atom. The average Bonchev–Trinajstić information content (AvgIpc) is 3.12. The first-order valence-corrected chi connectivity index (χ1v) is 12.5. The van der Waals surface area contributed by atoms with E-state index in [0.29, 0.717) is 29.7 Å². The number of amides is 2. The number of esters is 1. The third-order valence-corrected chi connectivity index (χ3v) is 7.06. The van der Waals surface area contributed by atoms with Gasteiger partial charge >= 0.3 is 5.97 Å². The highest BCUT2D eigenvalue weighted by Gasteiger charge is 2.36. The minimum absolute atomic E-state index is 0.120. The molecule has 4 rings (SSSR count). The molecule has 190 valence electrons. The van der Waals surface area contributed by atoms with Crippen molar-refractivity contribution in [2.75, 3.05) is 44.9 Å². The third-order valence-electron chi connectivity index (χ3n) is 5.69. The average molecular weight is 532 g/mol. The fourth-order valence-corrected chi connectivity index (χ4v) is 5.28. The van der Waals surface area contributed by atoms with Crippen LogP contribution >= 0.6 is 24.0 Å². The smallest absolute Gasteiger partial charge is 0.308 e. The van der Waals surface area contributed by atoms with Crippen LogP contribution in [0.5, 0.6) is 0 Å². The Kier molecular flexibility index (Phi) is 8.01. The molecule has 0 unspecified atom stereocenters. The lowest BCUT2D eigenvalue weighted by atomic mass is 10.1. The topological polar surface area (TPSA) is 123 Å². The van der Waals surface area contributed by atoms with Gasteiger partial charge in [-0.15, -0.1) is 0 Å². The number of thiocarbonyl (C=S) groups is 1. The van der Waals surface area contributed by atoms with Gasteiger partial charge in [-0.25, -0.2) is 4.98 Å². The van der Waals surface area contributed by atoms with Gasteiger partial charge in [0.1, 0.15) is 21.8 Å². The van der Waals surface area contributed by atoms with Gasteiger partial charge in [0.15, 0.2) is 0 Å². The fourth-order valence-electron chi connectivity index (χ4n) is 3.99. The van der Waals surface area contributed by atoms with Crippen molar-refractivity contribution in [1.29, 1.82) is 0 Å². The molecule has 2 aliphatic heterocycles. The number of ether oxygens (including phenoxy) is 2. The highest BCUT2D eigenvalue weighted by atomic mass is 32.2. The standard InChI is InChI=1S/C23H25N5O6S2/c1-3-34-18(29)13-15-20(30)24-7-9-26(15)19-14(21(31)27-8-5-4-6-17(27)25-19)12-16-22(32)28(10-11-33-2)23(35)36-16/h4-6,8,12,15H,3,7,9-11,13H2,1-2H3,(H,24,30)/b16-12+/t15-/m1/s1. The first-order valence-electron chi connectivity index (χ1n) is 11.3. The van der Waals surface area contributed by atoms with Gasteiger partial charge in [-0.05, 0) is 25.1 Å². The van der Waals surface area contributed by atoms with Gasteiger partial charge in [0.2, 0.25) is 5.91 Å². The lowest BCUT2D eigenvalue weighted by molar-refractivity contribution is -0.145. The maximum absolute atomic E-state index is 13.6. The maximum Gasteiger partial charge on any atom is 0.308 e. The zero-order chi connectivity index (χ0) is 25.8. The number of nitrogens with one attached hydrogen (secondary N) is 1. The van der Waals surface area contributed by atoms with Gasteiger partial charge in [-0.1, -0.05) is 30.0 Å². The highest BCUT2D eigenvalue weighted by molar-refractivity contribution is 8.26. The molecule has 4 heterocycles. The van der Waals surface area contributed by atoms with Crippen LogP contribution in [-0.4, -0.2) is 82.4 Å². The van der Waals surface area contributed by atoms with Crippen molar-refractivity contribution >= 4 is 63.6 Å². The summed E-state index contributed by atoms with van der Waals surface area (Å²) in [6.07, 6.45) is 2.83. The van der Waals surface area contributed by atoms with Gasteiger partial charge in [-0.2, -0.15) is 0 Å². The molecule has 1 atom stereocenters. The zero-order valence-electron chi connectivity index (χ0n) is 19.8. The minimum Gasteiger partial charge on any atom is -0.466 e. The van der Waals surface area contributed by atoms with Gasteiger partial charge in [-0.3, -0.25) is 28.5 Å². The summed E-state index contributed by atoms with van der Waals surface area (Å²) < 4.78 is 11.8. The lowest BCUT2D eigenvalue weighted by Gasteiger charge is -2.36. The molecular weight excluding hydrogens is 506 g/mol. The third kappa shape index (κ3) is 5.13. The molecule has 0 spiro atoms. The first-order chi connectivity index (χ1) is 17.3. The van der Waals surface area contributed by atoms with Gasteiger partial charge in [0.05, 0.1) is 36.6 Å². The van der Waals surface area contributed by atoms with Crippen molar-refractivity contribution in [2.24, 2.45) is 0 Å². The Labute approximate surface area is 216 Å². The van der Waals surface area contributed by atoms with E-state index in [-0.39, 0.29) is 47.7 Å². The summed E-state index contributed by atoms with van der Waals surface area (Å²) in [5.74, 6) is -1.05. The molecule has 36 heavy (non-hydrogen) atoms. The number of piperazine rings is 1. The molecular formula is C23H25N5O6S2. The number of rotatable bonds is 8. The van der Waals surface area contributed by atoms with Crippen LogP contribution in [0, 0.1) is 0 Å². The number of pyridine rings is 1. The Balaban J connectivity index is 1.83. The Morgan fingerprint density at radius 3 is 2.89 bits per heavy atom. The van der Waals surface area contributed by atoms with Gasteiger partial charge < -0.3 is 19.7 Å². The van der Waals surface area contributed by atoms with Gasteiger partial charge in [0.25, 0.3) is 11.5 Å². The number of hydrogen-bond donors (Lipinski definition) is 1. The van der Waals surface area contributed by atoms with Crippen LogP contribution in [0.2, 0.25) is 0 Å². The van der Waals surface area contributed by atoms with E-state index in [2.05, 4.69) is 10.3 Å². The number of hydrogen-bond acceptors (Lipinski definition) is 10. The van der Waals surface area contributed by atoms with Crippen LogP contribution in [0.25, 0.3) is 11.7 Å². The van der Waals surface area contributed by atoms with Crippen molar-refractivity contribution in [3.63, 3.8) is 0 Å². The molecule has 1 N–H and O–H groups in total.